The Labute approximate surface area is 279 Å². The number of hydrazine groups is 1. The van der Waals surface area contributed by atoms with Crippen LogP contribution in [-0.2, 0) is 22.5 Å². The number of carbonyl (C=O) groups excluding carboxylic acids is 1. The molecule has 4 aromatic rings. The van der Waals surface area contributed by atoms with Crippen molar-refractivity contribution in [1.29, 1.82) is 0 Å². The van der Waals surface area contributed by atoms with E-state index < -0.39 is 17.6 Å². The van der Waals surface area contributed by atoms with Crippen LogP contribution in [0.1, 0.15) is 34.8 Å². The highest BCUT2D eigenvalue weighted by atomic mass is 79.9. The van der Waals surface area contributed by atoms with Crippen LogP contribution in [0.3, 0.4) is 0 Å². The van der Waals surface area contributed by atoms with Gasteiger partial charge < -0.3 is 24.1 Å². The maximum Gasteiger partial charge on any atom is 0.266 e. The van der Waals surface area contributed by atoms with Crippen molar-refractivity contribution in [3.63, 3.8) is 0 Å². The van der Waals surface area contributed by atoms with Crippen LogP contribution in [0.5, 0.6) is 17.2 Å². The second-order valence-electron chi connectivity index (χ2n) is 10.8. The quantitative estimate of drug-likeness (QED) is 0.0493. The summed E-state index contributed by atoms with van der Waals surface area (Å²) >= 11 is 3.49. The van der Waals surface area contributed by atoms with Gasteiger partial charge in [0, 0.05) is 52.2 Å². The minimum absolute atomic E-state index is 0.0372. The Morgan fingerprint density at radius 1 is 1.04 bits per heavy atom. The minimum atomic E-state index is -1.53. The Morgan fingerprint density at radius 3 is 2.60 bits per heavy atom. The molecule has 2 aliphatic rings. The van der Waals surface area contributed by atoms with E-state index >= 15 is 0 Å². The van der Waals surface area contributed by atoms with Gasteiger partial charge in [0.05, 0.1) is 6.61 Å². The summed E-state index contributed by atoms with van der Waals surface area (Å²) in [6.45, 7) is 0.878. The first kappa shape index (κ1) is 31.9. The average Bonchev–Trinajstić information content (AvgIpc) is 3.72. The number of hydrogen-bond acceptors (Lipinski definition) is 9. The van der Waals surface area contributed by atoms with Gasteiger partial charge in [0.2, 0.25) is 12.7 Å². The van der Waals surface area contributed by atoms with E-state index in [-0.39, 0.29) is 25.7 Å². The zero-order valence-corrected chi connectivity index (χ0v) is 26.7. The lowest BCUT2D eigenvalue weighted by atomic mass is 9.81. The second-order valence-corrected chi connectivity index (χ2v) is 11.8. The number of azide groups is 1. The summed E-state index contributed by atoms with van der Waals surface area (Å²) in [5, 5.41) is 13.0. The molecule has 6 rings (SSSR count). The monoisotopic (exact) mass is 698 g/mol. The molecule has 2 heterocycles. The van der Waals surface area contributed by atoms with E-state index in [0.717, 1.165) is 15.6 Å². The maximum absolute atomic E-state index is 14.5. The SMILES string of the molecule is [N-]=[N+]=Nc1ccccc1[C@@H]1OC(c2ccc(OCCCO)cc2)=N[C@]1(Cc1ccc(Br)cc1)C(=O)NNCc1ccc2c(c1)OCO2. The molecule has 4 aromatic carbocycles. The third-order valence-electron chi connectivity index (χ3n) is 7.72. The number of hydrogen-bond donors (Lipinski definition) is 3. The number of rotatable bonds is 13. The van der Waals surface area contributed by atoms with Crippen LogP contribution < -0.4 is 25.1 Å². The molecular formula is C34H31BrN6O6. The molecule has 12 nitrogen and oxygen atoms in total. The molecule has 0 saturated heterocycles. The lowest BCUT2D eigenvalue weighted by Gasteiger charge is -2.31. The number of aliphatic imine (C=N–C) groups is 1. The zero-order chi connectivity index (χ0) is 32.6. The van der Waals surface area contributed by atoms with Crippen molar-refractivity contribution in [3.8, 4) is 17.2 Å². The number of nitrogens with zero attached hydrogens (tertiary/aromatic N) is 4. The van der Waals surface area contributed by atoms with Gasteiger partial charge in [0.25, 0.3) is 5.91 Å². The van der Waals surface area contributed by atoms with Gasteiger partial charge in [0.15, 0.2) is 23.1 Å². The Hall–Kier alpha value is -5.07. The zero-order valence-electron chi connectivity index (χ0n) is 25.1. The highest BCUT2D eigenvalue weighted by Gasteiger charge is 2.54. The van der Waals surface area contributed by atoms with Crippen LogP contribution >= 0.6 is 15.9 Å². The molecule has 0 radical (unpaired) electrons. The van der Waals surface area contributed by atoms with E-state index in [2.05, 4.69) is 36.8 Å². The number of amides is 1. The Kier molecular flexibility index (Phi) is 9.89. The number of aliphatic hydroxyl groups is 1. The predicted octanol–water partition coefficient (Wildman–Crippen LogP) is 6.20. The number of carbonyl (C=O) groups is 1. The maximum atomic E-state index is 14.5. The van der Waals surface area contributed by atoms with Gasteiger partial charge in [-0.25, -0.2) is 10.4 Å². The lowest BCUT2D eigenvalue weighted by molar-refractivity contribution is -0.130. The summed E-state index contributed by atoms with van der Waals surface area (Å²) in [7, 11) is 0. The van der Waals surface area contributed by atoms with Gasteiger partial charge in [-0.3, -0.25) is 10.2 Å². The van der Waals surface area contributed by atoms with Gasteiger partial charge in [-0.15, -0.1) is 0 Å². The lowest BCUT2D eigenvalue weighted by Crippen LogP contribution is -2.53. The van der Waals surface area contributed by atoms with Crippen LogP contribution in [0.25, 0.3) is 10.4 Å². The molecule has 3 N–H and O–H groups in total. The van der Waals surface area contributed by atoms with Gasteiger partial charge in [-0.2, -0.15) is 0 Å². The van der Waals surface area contributed by atoms with Gasteiger partial charge in [0.1, 0.15) is 5.75 Å². The van der Waals surface area contributed by atoms with Crippen molar-refractivity contribution in [1.82, 2.24) is 10.9 Å². The molecule has 0 aromatic heterocycles. The van der Waals surface area contributed by atoms with Gasteiger partial charge in [-0.1, -0.05) is 63.5 Å². The van der Waals surface area contributed by atoms with Crippen molar-refractivity contribution in [2.75, 3.05) is 20.0 Å². The number of halogens is 1. The molecule has 240 valence electrons. The van der Waals surface area contributed by atoms with Crippen LogP contribution in [-0.4, -0.2) is 42.5 Å². The Bertz CT molecular complexity index is 1810. The second kappa shape index (κ2) is 14.6. The molecular weight excluding hydrogens is 668 g/mol. The van der Waals surface area contributed by atoms with E-state index in [9.17, 15) is 10.3 Å². The number of ether oxygens (including phenoxy) is 4. The summed E-state index contributed by atoms with van der Waals surface area (Å²) in [5.74, 6) is 1.73. The largest absolute Gasteiger partial charge is 0.494 e. The van der Waals surface area contributed by atoms with Crippen molar-refractivity contribution in [2.45, 2.75) is 31.0 Å². The molecule has 0 spiro atoms. The molecule has 0 aliphatic carbocycles. The summed E-state index contributed by atoms with van der Waals surface area (Å²) < 4.78 is 24.1. The van der Waals surface area contributed by atoms with E-state index in [1.807, 2.05) is 42.5 Å². The smallest absolute Gasteiger partial charge is 0.266 e. The number of aliphatic hydroxyl groups excluding tert-OH is 1. The average molecular weight is 700 g/mol. The fourth-order valence-electron chi connectivity index (χ4n) is 5.41. The summed E-state index contributed by atoms with van der Waals surface area (Å²) in [4.78, 5) is 22.5. The first-order chi connectivity index (χ1) is 23.0. The highest BCUT2D eigenvalue weighted by molar-refractivity contribution is 9.10. The molecule has 2 atom stereocenters. The molecule has 2 aliphatic heterocycles. The highest BCUT2D eigenvalue weighted by Crippen LogP contribution is 2.45. The predicted molar refractivity (Wildman–Crippen MR) is 177 cm³/mol. The Balaban J connectivity index is 1.37. The van der Waals surface area contributed by atoms with Crippen LogP contribution in [0.15, 0.2) is 106 Å². The molecule has 0 saturated carbocycles. The van der Waals surface area contributed by atoms with Gasteiger partial charge >= 0.3 is 0 Å². The number of fused-ring (bicyclic) bond motifs is 1. The van der Waals surface area contributed by atoms with E-state index in [0.29, 0.717) is 53.6 Å². The van der Waals surface area contributed by atoms with Crippen LogP contribution in [0.4, 0.5) is 5.69 Å². The molecule has 0 bridgehead atoms. The van der Waals surface area contributed by atoms with Crippen molar-refractivity contribution in [2.24, 2.45) is 10.1 Å². The first-order valence-corrected chi connectivity index (χ1v) is 15.7. The third-order valence-corrected chi connectivity index (χ3v) is 8.25. The molecule has 0 unspecified atom stereocenters. The summed E-state index contributed by atoms with van der Waals surface area (Å²) in [5.41, 5.74) is 16.9. The number of benzene rings is 4. The number of nitrogens with one attached hydrogen (secondary N) is 2. The van der Waals surface area contributed by atoms with Crippen LogP contribution in [0, 0.1) is 0 Å². The van der Waals surface area contributed by atoms with E-state index in [1.165, 1.54) is 0 Å². The normalized spacial score (nSPS) is 17.7. The van der Waals surface area contributed by atoms with E-state index in [1.54, 1.807) is 48.5 Å². The minimum Gasteiger partial charge on any atom is -0.494 e. The topological polar surface area (TPSA) is 159 Å². The Morgan fingerprint density at radius 2 is 1.81 bits per heavy atom. The van der Waals surface area contributed by atoms with Crippen LogP contribution in [0.2, 0.25) is 0 Å². The summed E-state index contributed by atoms with van der Waals surface area (Å²) in [6.07, 6.45) is -0.283. The molecule has 1 amide bonds. The van der Waals surface area contributed by atoms with Crippen molar-refractivity contribution in [3.05, 3.63) is 128 Å². The first-order valence-electron chi connectivity index (χ1n) is 14.9. The molecule has 0 fully saturated rings. The standard InChI is InChI=1S/C34H31BrN6O6/c35-25-11-6-22(7-12-25)19-34(33(43)40-37-20-23-8-15-29-30(18-23)46-21-45-29)31(27-4-1-2-5-28(27)39-41-36)47-32(38-34)24-9-13-26(14-10-24)44-17-3-16-42/h1-2,4-15,18,31,37,42H,3,16-17,19-21H2,(H,40,43)/t31-,34-/m0/s1. The van der Waals surface area contributed by atoms with Crippen molar-refractivity contribution < 1.29 is 28.8 Å². The van der Waals surface area contributed by atoms with Crippen molar-refractivity contribution >= 4 is 33.4 Å². The fraction of sp³-hybridized carbons (Fsp3) is 0.235. The third kappa shape index (κ3) is 7.18. The molecule has 47 heavy (non-hydrogen) atoms. The van der Waals surface area contributed by atoms with Gasteiger partial charge in [-0.05, 0) is 65.2 Å². The van der Waals surface area contributed by atoms with E-state index in [4.69, 9.17) is 29.0 Å². The fourth-order valence-corrected chi connectivity index (χ4v) is 5.67. The molecule has 13 heteroatoms. The summed E-state index contributed by atoms with van der Waals surface area (Å²) in [6, 6.07) is 27.4.